The molecule has 0 aliphatic carbocycles. The summed E-state index contributed by atoms with van der Waals surface area (Å²) in [6, 6.07) is 0. The van der Waals surface area contributed by atoms with Crippen LogP contribution in [0.3, 0.4) is 0 Å². The van der Waals surface area contributed by atoms with Gasteiger partial charge in [-0.25, -0.2) is 0 Å². The normalized spacial score (nSPS) is 7.00. The Kier molecular flexibility index (Phi) is 11.7. The molecule has 0 aromatic heterocycles. The molecule has 40 valence electrons. The molecule has 0 bridgehead atoms. The molecule has 4 heteroatoms. The van der Waals surface area contributed by atoms with Gasteiger partial charge in [0, 0.05) is 5.75 Å². The average molecular weight is 156 g/mol. The molecular weight excluding hydrogens is 151 g/mol. The molecule has 1 nitrogen and oxygen atoms in total. The van der Waals surface area contributed by atoms with E-state index in [-0.39, 0.29) is 33.9 Å². The second-order valence-electron chi connectivity index (χ2n) is 0.850. The van der Waals surface area contributed by atoms with Crippen molar-refractivity contribution in [1.29, 1.82) is 0 Å². The van der Waals surface area contributed by atoms with Gasteiger partial charge in [0.15, 0.2) is 0 Å². The van der Waals surface area contributed by atoms with Gasteiger partial charge < -0.3 is 5.11 Å². The Balaban J connectivity index is 0. The van der Waals surface area contributed by atoms with Gasteiger partial charge in [-0.2, -0.15) is 0 Å². The van der Waals surface area contributed by atoms with Crippen molar-refractivity contribution < 1.29 is 34.7 Å². The van der Waals surface area contributed by atoms with E-state index in [1.54, 1.807) is 6.08 Å². The third-order valence-electron chi connectivity index (χ3n) is 0.319. The molecule has 0 atom stereocenters. The zero-order valence-electron chi connectivity index (χ0n) is 4.72. The Morgan fingerprint density at radius 3 is 2.50 bits per heavy atom. The molecule has 0 aliphatic rings. The van der Waals surface area contributed by atoms with Crippen LogP contribution < -0.4 is 34.7 Å². The second-order valence-corrected chi connectivity index (χ2v) is 2.47. The van der Waals surface area contributed by atoms with E-state index >= 15 is 0 Å². The minimum atomic E-state index is -0.264. The molecule has 0 N–H and O–H groups in total. The first-order valence-electron chi connectivity index (χ1n) is 1.72. The van der Waals surface area contributed by atoms with Crippen LogP contribution in [0.15, 0.2) is 12.7 Å². The molecule has 0 saturated heterocycles. The van der Waals surface area contributed by atoms with Crippen LogP contribution in [0.5, 0.6) is 0 Å². The van der Waals surface area contributed by atoms with Crippen LogP contribution in [0.4, 0.5) is 0 Å². The van der Waals surface area contributed by atoms with Gasteiger partial charge in [0.2, 0.25) is 0 Å². The van der Waals surface area contributed by atoms with Crippen molar-refractivity contribution in [3.63, 3.8) is 0 Å². The summed E-state index contributed by atoms with van der Waals surface area (Å²) < 4.78 is -0.264. The smallest absolute Gasteiger partial charge is 0.860 e. The van der Waals surface area contributed by atoms with E-state index in [2.05, 4.69) is 18.8 Å². The van der Waals surface area contributed by atoms with E-state index in [4.69, 9.17) is 0 Å². The molecule has 0 aromatic rings. The summed E-state index contributed by atoms with van der Waals surface area (Å²) in [6.07, 6.45) is 1.65. The summed E-state index contributed by atoms with van der Waals surface area (Å²) in [5.74, 6) is 0.627. The van der Waals surface area contributed by atoms with E-state index in [9.17, 15) is 5.11 Å². The van der Waals surface area contributed by atoms with Crippen LogP contribution in [0.25, 0.3) is 0 Å². The quantitative estimate of drug-likeness (QED) is 0.252. The van der Waals surface area contributed by atoms with Crippen molar-refractivity contribution in [2.24, 2.45) is 0 Å². The van der Waals surface area contributed by atoms with Gasteiger partial charge in [-0.3, -0.25) is 0 Å². The SMILES string of the molecule is C=CCSC([O-])=S.[Na+]. The zero-order chi connectivity index (χ0) is 5.70. The predicted octanol–water partition coefficient (Wildman–Crippen LogP) is -2.45. The maximum Gasteiger partial charge on any atom is 1.00 e. The van der Waals surface area contributed by atoms with E-state index in [0.29, 0.717) is 5.75 Å². The number of hydrogen-bond donors (Lipinski definition) is 0. The summed E-state index contributed by atoms with van der Waals surface area (Å²) >= 11 is 5.31. The molecule has 0 unspecified atom stereocenters. The standard InChI is InChI=1S/C4H6OS2.Na/c1-2-3-7-4(5)6;/h2H,1,3H2,(H,5,6);/q;+1/p-1. The molecular formula is C4H5NaOS2. The van der Waals surface area contributed by atoms with Crippen LogP contribution in [0.1, 0.15) is 0 Å². The van der Waals surface area contributed by atoms with Gasteiger partial charge in [-0.05, 0) is 4.38 Å². The first-order valence-corrected chi connectivity index (χ1v) is 3.11. The molecule has 0 heterocycles. The minimum absolute atomic E-state index is 0. The Labute approximate surface area is 80.8 Å². The van der Waals surface area contributed by atoms with Crippen LogP contribution in [-0.2, 0) is 0 Å². The predicted molar refractivity (Wildman–Crippen MR) is 35.3 cm³/mol. The summed E-state index contributed by atoms with van der Waals surface area (Å²) in [4.78, 5) is 0. The fourth-order valence-electron chi connectivity index (χ4n) is 0.127. The third kappa shape index (κ3) is 10.1. The monoisotopic (exact) mass is 156 g/mol. The Morgan fingerprint density at radius 1 is 1.88 bits per heavy atom. The average Bonchev–Trinajstić information content (AvgIpc) is 1.61. The molecule has 0 saturated carbocycles. The van der Waals surface area contributed by atoms with Crippen molar-refractivity contribution in [3.8, 4) is 0 Å². The summed E-state index contributed by atoms with van der Waals surface area (Å²) in [5.41, 5.74) is 0. The van der Waals surface area contributed by atoms with Crippen LogP contribution in [-0.4, -0.2) is 10.1 Å². The first-order chi connectivity index (χ1) is 3.27. The van der Waals surface area contributed by atoms with Crippen molar-refractivity contribution in [2.45, 2.75) is 0 Å². The summed E-state index contributed by atoms with van der Waals surface area (Å²) in [6.45, 7) is 3.41. The number of hydrogen-bond acceptors (Lipinski definition) is 3. The molecule has 8 heavy (non-hydrogen) atoms. The fraction of sp³-hybridized carbons (Fsp3) is 0.250. The minimum Gasteiger partial charge on any atom is -0.860 e. The van der Waals surface area contributed by atoms with Crippen molar-refractivity contribution in [2.75, 3.05) is 5.75 Å². The van der Waals surface area contributed by atoms with E-state index in [0.717, 1.165) is 11.8 Å². The number of thiocarbonyl (C=S) groups is 1. The van der Waals surface area contributed by atoms with E-state index in [1.165, 1.54) is 0 Å². The van der Waals surface area contributed by atoms with Crippen LogP contribution in [0, 0.1) is 0 Å². The van der Waals surface area contributed by atoms with Gasteiger partial charge in [-0.1, -0.05) is 18.3 Å². The van der Waals surface area contributed by atoms with Crippen molar-refractivity contribution >= 4 is 28.4 Å². The molecule has 0 radical (unpaired) electrons. The molecule has 0 fully saturated rings. The van der Waals surface area contributed by atoms with E-state index in [1.807, 2.05) is 0 Å². The molecule has 0 spiro atoms. The van der Waals surface area contributed by atoms with Gasteiger partial charge >= 0.3 is 29.6 Å². The zero-order valence-corrected chi connectivity index (χ0v) is 8.35. The van der Waals surface area contributed by atoms with Gasteiger partial charge in [0.05, 0.1) is 0 Å². The topological polar surface area (TPSA) is 23.1 Å². The van der Waals surface area contributed by atoms with Gasteiger partial charge in [-0.15, -0.1) is 18.3 Å². The molecule has 0 aliphatic heterocycles. The maximum absolute atomic E-state index is 9.93. The van der Waals surface area contributed by atoms with Gasteiger partial charge in [0.1, 0.15) is 0 Å². The first kappa shape index (κ1) is 11.7. The Bertz CT molecular complexity index is 84.1. The van der Waals surface area contributed by atoms with E-state index < -0.39 is 0 Å². The molecule has 0 aromatic carbocycles. The van der Waals surface area contributed by atoms with Gasteiger partial charge in [0.25, 0.3) is 0 Å². The maximum atomic E-state index is 9.93. The fourth-order valence-corrected chi connectivity index (χ4v) is 0.585. The Morgan fingerprint density at radius 2 is 2.38 bits per heavy atom. The van der Waals surface area contributed by atoms with Crippen molar-refractivity contribution in [3.05, 3.63) is 12.7 Å². The largest absolute Gasteiger partial charge is 1.00 e. The van der Waals surface area contributed by atoms with Crippen LogP contribution in [0.2, 0.25) is 0 Å². The van der Waals surface area contributed by atoms with Crippen LogP contribution >= 0.6 is 24.0 Å². The molecule has 0 rings (SSSR count). The third-order valence-corrected chi connectivity index (χ3v) is 1.31. The molecule has 0 amide bonds. The second kappa shape index (κ2) is 7.98. The number of rotatable bonds is 2. The van der Waals surface area contributed by atoms with Crippen molar-refractivity contribution in [1.82, 2.24) is 0 Å². The number of thioether (sulfide) groups is 1. The Hall–Kier alpha value is 0.980. The summed E-state index contributed by atoms with van der Waals surface area (Å²) in [7, 11) is 0. The summed E-state index contributed by atoms with van der Waals surface area (Å²) in [5, 5.41) is 9.93.